The second kappa shape index (κ2) is 6.10. The van der Waals surface area contributed by atoms with E-state index in [2.05, 4.69) is 4.74 Å². The molecule has 0 heterocycles. The van der Waals surface area contributed by atoms with Gasteiger partial charge in [-0.3, -0.25) is 4.79 Å². The number of hydrogen-bond donors (Lipinski definition) is 0. The van der Waals surface area contributed by atoms with Crippen molar-refractivity contribution in [3.05, 3.63) is 59.9 Å². The van der Waals surface area contributed by atoms with Gasteiger partial charge in [-0.2, -0.15) is 0 Å². The van der Waals surface area contributed by atoms with Gasteiger partial charge in [0.15, 0.2) is 0 Å². The molecule has 0 radical (unpaired) electrons. The van der Waals surface area contributed by atoms with Crippen molar-refractivity contribution >= 4 is 11.8 Å². The highest BCUT2D eigenvalue weighted by Gasteiger charge is 2.17. The van der Waals surface area contributed by atoms with Crippen LogP contribution in [-0.4, -0.2) is 18.4 Å². The van der Waals surface area contributed by atoms with Crippen molar-refractivity contribution in [2.24, 2.45) is 0 Å². The molecule has 0 aromatic heterocycles. The van der Waals surface area contributed by atoms with Crippen LogP contribution in [0, 0.1) is 5.82 Å². The topological polar surface area (TPSA) is 43.4 Å². The third-order valence-electron chi connectivity index (χ3n) is 2.79. The van der Waals surface area contributed by atoms with Crippen LogP contribution in [0.1, 0.15) is 17.3 Å². The number of hydrogen-bond acceptors (Lipinski definition) is 3. The second-order valence-corrected chi connectivity index (χ2v) is 4.11. The van der Waals surface area contributed by atoms with Crippen molar-refractivity contribution < 1.29 is 18.7 Å². The lowest BCUT2D eigenvalue weighted by molar-refractivity contribution is -0.137. The van der Waals surface area contributed by atoms with Gasteiger partial charge in [-0.05, 0) is 18.6 Å². The average Bonchev–Trinajstić information content (AvgIpc) is 2.47. The number of Topliss-reactive ketones (excluding diaryl/α,β-unsaturated/α-hetero) is 1. The first-order valence-corrected chi connectivity index (χ1v) is 6.20. The van der Waals surface area contributed by atoms with Crippen molar-refractivity contribution in [3.63, 3.8) is 0 Å². The standard InChI is InChI=1S/C16H13FO3/c1-2-20-16(19)15(18)12-9-7-11(8-10-12)13-5-3-4-6-14(13)17/h3-10H,2H2,1H3. The summed E-state index contributed by atoms with van der Waals surface area (Å²) in [5.74, 6) is -1.92. The molecule has 2 rings (SSSR count). The lowest BCUT2D eigenvalue weighted by atomic mass is 10.0. The first-order valence-electron chi connectivity index (χ1n) is 6.20. The number of benzene rings is 2. The number of esters is 1. The molecule has 4 heteroatoms. The fourth-order valence-corrected chi connectivity index (χ4v) is 1.81. The molecule has 0 N–H and O–H groups in total. The summed E-state index contributed by atoms with van der Waals surface area (Å²) in [6.45, 7) is 1.78. The van der Waals surface area contributed by atoms with E-state index in [1.165, 1.54) is 18.2 Å². The summed E-state index contributed by atoms with van der Waals surface area (Å²) in [5.41, 5.74) is 1.31. The van der Waals surface area contributed by atoms with E-state index in [1.54, 1.807) is 37.3 Å². The summed E-state index contributed by atoms with van der Waals surface area (Å²) in [5, 5.41) is 0. The van der Waals surface area contributed by atoms with E-state index in [-0.39, 0.29) is 18.0 Å². The van der Waals surface area contributed by atoms with Gasteiger partial charge in [0, 0.05) is 11.1 Å². The summed E-state index contributed by atoms with van der Waals surface area (Å²) in [4.78, 5) is 23.0. The molecule has 0 amide bonds. The van der Waals surface area contributed by atoms with Crippen LogP contribution < -0.4 is 0 Å². The van der Waals surface area contributed by atoms with Gasteiger partial charge < -0.3 is 4.74 Å². The molecule has 0 aliphatic rings. The zero-order valence-electron chi connectivity index (χ0n) is 10.9. The third-order valence-corrected chi connectivity index (χ3v) is 2.79. The number of rotatable bonds is 4. The first-order chi connectivity index (χ1) is 9.63. The molecular weight excluding hydrogens is 259 g/mol. The molecule has 0 saturated heterocycles. The predicted octanol–water partition coefficient (Wildman–Crippen LogP) is 3.24. The van der Waals surface area contributed by atoms with E-state index < -0.39 is 11.8 Å². The molecule has 20 heavy (non-hydrogen) atoms. The minimum atomic E-state index is -0.883. The fourth-order valence-electron chi connectivity index (χ4n) is 1.81. The van der Waals surface area contributed by atoms with Crippen LogP contribution in [0.4, 0.5) is 4.39 Å². The van der Waals surface area contributed by atoms with Gasteiger partial charge in [0.1, 0.15) is 5.82 Å². The van der Waals surface area contributed by atoms with Gasteiger partial charge in [-0.25, -0.2) is 9.18 Å². The predicted molar refractivity (Wildman–Crippen MR) is 72.8 cm³/mol. The van der Waals surface area contributed by atoms with Crippen molar-refractivity contribution in [1.82, 2.24) is 0 Å². The molecule has 0 spiro atoms. The molecule has 0 bridgehead atoms. The number of ether oxygens (including phenoxy) is 1. The second-order valence-electron chi connectivity index (χ2n) is 4.11. The van der Waals surface area contributed by atoms with Crippen LogP contribution in [-0.2, 0) is 9.53 Å². The van der Waals surface area contributed by atoms with Crippen molar-refractivity contribution in [3.8, 4) is 11.1 Å². The zero-order chi connectivity index (χ0) is 14.5. The highest BCUT2D eigenvalue weighted by Crippen LogP contribution is 2.22. The molecule has 2 aromatic carbocycles. The van der Waals surface area contributed by atoms with Crippen LogP contribution in [0.3, 0.4) is 0 Å². The maximum atomic E-state index is 13.6. The van der Waals surface area contributed by atoms with E-state index in [1.807, 2.05) is 0 Å². The van der Waals surface area contributed by atoms with E-state index in [4.69, 9.17) is 0 Å². The molecule has 0 atom stereocenters. The van der Waals surface area contributed by atoms with Crippen LogP contribution in [0.15, 0.2) is 48.5 Å². The van der Waals surface area contributed by atoms with E-state index in [0.29, 0.717) is 11.1 Å². The summed E-state index contributed by atoms with van der Waals surface area (Å²) in [6.07, 6.45) is 0. The maximum Gasteiger partial charge on any atom is 0.379 e. The Kier molecular flexibility index (Phi) is 4.25. The summed E-state index contributed by atoms with van der Waals surface area (Å²) >= 11 is 0. The maximum absolute atomic E-state index is 13.6. The van der Waals surface area contributed by atoms with Gasteiger partial charge in [-0.1, -0.05) is 42.5 Å². The molecule has 0 saturated carbocycles. The summed E-state index contributed by atoms with van der Waals surface area (Å²) in [7, 11) is 0. The number of halogens is 1. The number of carbonyl (C=O) groups is 2. The third kappa shape index (κ3) is 2.91. The number of carbonyl (C=O) groups excluding carboxylic acids is 2. The molecular formula is C16H13FO3. The lowest BCUT2D eigenvalue weighted by Gasteiger charge is -2.05. The van der Waals surface area contributed by atoms with Gasteiger partial charge in [0.25, 0.3) is 5.78 Å². The minimum absolute atomic E-state index is 0.151. The van der Waals surface area contributed by atoms with Crippen molar-refractivity contribution in [2.45, 2.75) is 6.92 Å². The lowest BCUT2D eigenvalue weighted by Crippen LogP contribution is -2.17. The van der Waals surface area contributed by atoms with Crippen LogP contribution in [0.25, 0.3) is 11.1 Å². The normalized spacial score (nSPS) is 10.1. The van der Waals surface area contributed by atoms with Gasteiger partial charge in [0.2, 0.25) is 0 Å². The fraction of sp³-hybridized carbons (Fsp3) is 0.125. The summed E-state index contributed by atoms with van der Waals surface area (Å²) < 4.78 is 18.3. The Morgan fingerprint density at radius 2 is 1.70 bits per heavy atom. The molecule has 102 valence electrons. The molecule has 0 fully saturated rings. The minimum Gasteiger partial charge on any atom is -0.460 e. The monoisotopic (exact) mass is 272 g/mol. The number of ketones is 1. The van der Waals surface area contributed by atoms with E-state index in [0.717, 1.165) is 0 Å². The van der Waals surface area contributed by atoms with Crippen LogP contribution in [0.5, 0.6) is 0 Å². The Balaban J connectivity index is 2.25. The van der Waals surface area contributed by atoms with E-state index >= 15 is 0 Å². The Morgan fingerprint density at radius 3 is 2.30 bits per heavy atom. The molecule has 0 aliphatic heterocycles. The average molecular weight is 272 g/mol. The molecule has 3 nitrogen and oxygen atoms in total. The molecule has 2 aromatic rings. The van der Waals surface area contributed by atoms with Crippen molar-refractivity contribution in [2.75, 3.05) is 6.61 Å². The Morgan fingerprint density at radius 1 is 1.05 bits per heavy atom. The van der Waals surface area contributed by atoms with Gasteiger partial charge in [-0.15, -0.1) is 0 Å². The van der Waals surface area contributed by atoms with Crippen LogP contribution >= 0.6 is 0 Å². The highest BCUT2D eigenvalue weighted by molar-refractivity contribution is 6.40. The van der Waals surface area contributed by atoms with Crippen molar-refractivity contribution in [1.29, 1.82) is 0 Å². The quantitative estimate of drug-likeness (QED) is 0.487. The Bertz CT molecular complexity index is 632. The van der Waals surface area contributed by atoms with Gasteiger partial charge >= 0.3 is 5.97 Å². The zero-order valence-corrected chi connectivity index (χ0v) is 10.9. The van der Waals surface area contributed by atoms with Crippen LogP contribution in [0.2, 0.25) is 0 Å². The van der Waals surface area contributed by atoms with Gasteiger partial charge in [0.05, 0.1) is 6.61 Å². The van der Waals surface area contributed by atoms with E-state index in [9.17, 15) is 14.0 Å². The highest BCUT2D eigenvalue weighted by atomic mass is 19.1. The largest absolute Gasteiger partial charge is 0.460 e. The Labute approximate surface area is 116 Å². The Hall–Kier alpha value is -2.49. The summed E-state index contributed by atoms with van der Waals surface area (Å²) in [6, 6.07) is 12.5. The SMILES string of the molecule is CCOC(=O)C(=O)c1ccc(-c2ccccc2F)cc1. The smallest absolute Gasteiger partial charge is 0.379 e. The first kappa shape index (κ1) is 13.9. The molecule has 0 unspecified atom stereocenters. The molecule has 0 aliphatic carbocycles.